The number of thiazole rings is 1. The zero-order chi connectivity index (χ0) is 18.6. The number of nitrogens with zero attached hydrogens (tertiary/aromatic N) is 2. The van der Waals surface area contributed by atoms with Crippen LogP contribution in [0.1, 0.15) is 35.0 Å². The maximum Gasteiger partial charge on any atom is 0.314 e. The number of benzene rings is 1. The van der Waals surface area contributed by atoms with Crippen LogP contribution in [0.15, 0.2) is 36.0 Å². The van der Waals surface area contributed by atoms with Crippen molar-refractivity contribution in [3.8, 4) is 0 Å². The monoisotopic (exact) mass is 392 g/mol. The Kier molecular flexibility index (Phi) is 5.94. The van der Waals surface area contributed by atoms with E-state index in [4.69, 9.17) is 16.3 Å². The number of carbonyl (C=O) groups is 2. The average Bonchev–Trinajstić information content (AvgIpc) is 3.16. The molecule has 2 heterocycles. The van der Waals surface area contributed by atoms with Crippen molar-refractivity contribution in [2.24, 2.45) is 5.41 Å². The predicted molar refractivity (Wildman–Crippen MR) is 101 cm³/mol. The topological polar surface area (TPSA) is 59.5 Å². The SMILES string of the molecule is CCOC(=O)[C@@]1(Cc2cccc(Cl)c2)CCCN(C(=O)c2cncs2)C1. The van der Waals surface area contributed by atoms with E-state index < -0.39 is 5.41 Å². The summed E-state index contributed by atoms with van der Waals surface area (Å²) in [5.41, 5.74) is 1.86. The molecule has 2 aromatic rings. The number of likely N-dealkylation sites (tertiary alicyclic amines) is 1. The van der Waals surface area contributed by atoms with E-state index in [1.807, 2.05) is 24.3 Å². The molecule has 138 valence electrons. The molecule has 0 N–H and O–H groups in total. The van der Waals surface area contributed by atoms with Gasteiger partial charge in [0.15, 0.2) is 0 Å². The number of hydrogen-bond acceptors (Lipinski definition) is 5. The average molecular weight is 393 g/mol. The Balaban J connectivity index is 1.87. The molecule has 1 amide bonds. The van der Waals surface area contributed by atoms with Crippen LogP contribution in [0.3, 0.4) is 0 Å². The molecule has 0 aliphatic carbocycles. The standard InChI is InChI=1S/C19H21ClN2O3S/c1-2-25-18(24)19(10-14-5-3-6-15(20)9-14)7-4-8-22(12-19)17(23)16-11-21-13-26-16/h3,5-6,9,11,13H,2,4,7-8,10,12H2,1H3/t19-/m1/s1. The molecule has 0 bridgehead atoms. The summed E-state index contributed by atoms with van der Waals surface area (Å²) < 4.78 is 5.39. The van der Waals surface area contributed by atoms with Gasteiger partial charge >= 0.3 is 5.97 Å². The number of carbonyl (C=O) groups excluding carboxylic acids is 2. The van der Waals surface area contributed by atoms with Gasteiger partial charge in [0.1, 0.15) is 4.88 Å². The first kappa shape index (κ1) is 18.9. The van der Waals surface area contributed by atoms with Crippen LogP contribution in [0.2, 0.25) is 5.02 Å². The Morgan fingerprint density at radius 2 is 2.27 bits per heavy atom. The molecule has 0 spiro atoms. The maximum atomic E-state index is 12.9. The first-order valence-electron chi connectivity index (χ1n) is 8.63. The second-order valence-electron chi connectivity index (χ2n) is 6.50. The lowest BCUT2D eigenvalue weighted by molar-refractivity contribution is -0.158. The minimum atomic E-state index is -0.751. The molecular weight excluding hydrogens is 372 g/mol. The summed E-state index contributed by atoms with van der Waals surface area (Å²) in [4.78, 5) is 31.9. The van der Waals surface area contributed by atoms with Crippen molar-refractivity contribution in [3.63, 3.8) is 0 Å². The number of halogens is 1. The highest BCUT2D eigenvalue weighted by atomic mass is 35.5. The Labute approximate surface area is 161 Å². The zero-order valence-electron chi connectivity index (χ0n) is 14.6. The van der Waals surface area contributed by atoms with Gasteiger partial charge in [-0.05, 0) is 43.9 Å². The van der Waals surface area contributed by atoms with Crippen LogP contribution in [0.4, 0.5) is 0 Å². The van der Waals surface area contributed by atoms with Gasteiger partial charge in [0, 0.05) is 18.1 Å². The fraction of sp³-hybridized carbons (Fsp3) is 0.421. The lowest BCUT2D eigenvalue weighted by Crippen LogP contribution is -2.51. The molecule has 1 aliphatic heterocycles. The van der Waals surface area contributed by atoms with Gasteiger partial charge in [0.05, 0.1) is 23.7 Å². The van der Waals surface area contributed by atoms with Crippen LogP contribution < -0.4 is 0 Å². The number of piperidine rings is 1. The van der Waals surface area contributed by atoms with E-state index in [2.05, 4.69) is 4.98 Å². The lowest BCUT2D eigenvalue weighted by atomic mass is 9.75. The molecule has 3 rings (SSSR count). The van der Waals surface area contributed by atoms with Gasteiger partial charge in [-0.1, -0.05) is 23.7 Å². The highest BCUT2D eigenvalue weighted by molar-refractivity contribution is 7.11. The van der Waals surface area contributed by atoms with E-state index in [-0.39, 0.29) is 11.9 Å². The maximum absolute atomic E-state index is 12.9. The van der Waals surface area contributed by atoms with Crippen LogP contribution >= 0.6 is 22.9 Å². The molecule has 1 fully saturated rings. The van der Waals surface area contributed by atoms with Crippen LogP contribution in [0.5, 0.6) is 0 Å². The van der Waals surface area contributed by atoms with Crippen molar-refractivity contribution in [2.75, 3.05) is 19.7 Å². The molecule has 1 aliphatic rings. The molecular formula is C19H21ClN2O3S. The largest absolute Gasteiger partial charge is 0.466 e. The van der Waals surface area contributed by atoms with Gasteiger partial charge in [-0.25, -0.2) is 0 Å². The summed E-state index contributed by atoms with van der Waals surface area (Å²) in [5.74, 6) is -0.325. The fourth-order valence-corrected chi connectivity index (χ4v) is 4.29. The summed E-state index contributed by atoms with van der Waals surface area (Å²) in [6.45, 7) is 3.09. The van der Waals surface area contributed by atoms with Gasteiger partial charge in [-0.2, -0.15) is 0 Å². The molecule has 1 atom stereocenters. The van der Waals surface area contributed by atoms with E-state index in [1.54, 1.807) is 23.5 Å². The van der Waals surface area contributed by atoms with Gasteiger partial charge < -0.3 is 9.64 Å². The zero-order valence-corrected chi connectivity index (χ0v) is 16.2. The Bertz CT molecular complexity index is 781. The summed E-state index contributed by atoms with van der Waals surface area (Å²) in [7, 11) is 0. The minimum absolute atomic E-state index is 0.0769. The third-order valence-corrected chi connectivity index (χ3v) is 5.64. The Morgan fingerprint density at radius 3 is 2.96 bits per heavy atom. The highest BCUT2D eigenvalue weighted by Gasteiger charge is 2.45. The number of aromatic nitrogens is 1. The van der Waals surface area contributed by atoms with E-state index in [0.29, 0.717) is 42.4 Å². The number of esters is 1. The van der Waals surface area contributed by atoms with Gasteiger partial charge in [0.25, 0.3) is 5.91 Å². The third-order valence-electron chi connectivity index (χ3n) is 4.65. The van der Waals surface area contributed by atoms with Crippen molar-refractivity contribution in [3.05, 3.63) is 51.4 Å². The lowest BCUT2D eigenvalue weighted by Gasteiger charge is -2.41. The van der Waals surface area contributed by atoms with Crippen molar-refractivity contribution < 1.29 is 14.3 Å². The van der Waals surface area contributed by atoms with Gasteiger partial charge in [-0.15, -0.1) is 11.3 Å². The van der Waals surface area contributed by atoms with Crippen molar-refractivity contribution >= 4 is 34.8 Å². The molecule has 5 nitrogen and oxygen atoms in total. The number of rotatable bonds is 5. The third kappa shape index (κ3) is 4.07. The van der Waals surface area contributed by atoms with E-state index >= 15 is 0 Å². The van der Waals surface area contributed by atoms with E-state index in [1.165, 1.54) is 11.3 Å². The molecule has 26 heavy (non-hydrogen) atoms. The molecule has 0 radical (unpaired) electrons. The van der Waals surface area contributed by atoms with Crippen LogP contribution in [-0.2, 0) is 16.0 Å². The van der Waals surface area contributed by atoms with Crippen LogP contribution in [-0.4, -0.2) is 41.5 Å². The number of ether oxygens (including phenoxy) is 1. The van der Waals surface area contributed by atoms with Crippen LogP contribution in [0, 0.1) is 5.41 Å². The molecule has 1 aromatic heterocycles. The molecule has 0 saturated carbocycles. The minimum Gasteiger partial charge on any atom is -0.466 e. The predicted octanol–water partition coefficient (Wildman–Crippen LogP) is 3.82. The molecule has 0 unspecified atom stereocenters. The quantitative estimate of drug-likeness (QED) is 0.725. The Hall–Kier alpha value is -1.92. The first-order valence-corrected chi connectivity index (χ1v) is 9.89. The molecule has 1 aromatic carbocycles. The summed E-state index contributed by atoms with van der Waals surface area (Å²) in [5, 5.41) is 0.634. The van der Waals surface area contributed by atoms with Gasteiger partial charge in [0.2, 0.25) is 0 Å². The Morgan fingerprint density at radius 1 is 1.42 bits per heavy atom. The van der Waals surface area contributed by atoms with E-state index in [9.17, 15) is 9.59 Å². The fourth-order valence-electron chi connectivity index (χ4n) is 3.49. The van der Waals surface area contributed by atoms with Crippen LogP contribution in [0.25, 0.3) is 0 Å². The summed E-state index contributed by atoms with van der Waals surface area (Å²) >= 11 is 7.42. The van der Waals surface area contributed by atoms with Crippen molar-refractivity contribution in [2.45, 2.75) is 26.2 Å². The highest BCUT2D eigenvalue weighted by Crippen LogP contribution is 2.36. The normalized spacial score (nSPS) is 20.0. The first-order chi connectivity index (χ1) is 12.5. The molecule has 7 heteroatoms. The number of amides is 1. The van der Waals surface area contributed by atoms with Gasteiger partial charge in [-0.3, -0.25) is 14.6 Å². The second-order valence-corrected chi connectivity index (χ2v) is 7.83. The smallest absolute Gasteiger partial charge is 0.314 e. The number of hydrogen-bond donors (Lipinski definition) is 0. The summed E-state index contributed by atoms with van der Waals surface area (Å²) in [6.07, 6.45) is 3.51. The second kappa shape index (κ2) is 8.18. The van der Waals surface area contributed by atoms with Crippen molar-refractivity contribution in [1.29, 1.82) is 0 Å². The summed E-state index contributed by atoms with van der Waals surface area (Å²) in [6, 6.07) is 7.51. The van der Waals surface area contributed by atoms with Crippen molar-refractivity contribution in [1.82, 2.24) is 9.88 Å². The van der Waals surface area contributed by atoms with E-state index in [0.717, 1.165) is 12.0 Å². The molecule has 1 saturated heterocycles.